The molecule has 35 heavy (non-hydrogen) atoms. The van der Waals surface area contributed by atoms with Gasteiger partial charge in [0.1, 0.15) is 5.82 Å². The minimum absolute atomic E-state index is 0.275. The van der Waals surface area contributed by atoms with Crippen molar-refractivity contribution in [3.05, 3.63) is 75.4 Å². The van der Waals surface area contributed by atoms with Crippen LogP contribution in [0.3, 0.4) is 0 Å². The van der Waals surface area contributed by atoms with E-state index in [1.807, 2.05) is 12.1 Å². The molecule has 3 aliphatic heterocycles. The van der Waals surface area contributed by atoms with Crippen LogP contribution >= 0.6 is 23.4 Å². The van der Waals surface area contributed by atoms with Crippen molar-refractivity contribution >= 4 is 47.1 Å². The molecule has 1 fully saturated rings. The summed E-state index contributed by atoms with van der Waals surface area (Å²) >= 11 is 7.49. The van der Waals surface area contributed by atoms with E-state index in [0.717, 1.165) is 20.9 Å². The van der Waals surface area contributed by atoms with Gasteiger partial charge in [-0.15, -0.1) is 11.8 Å². The third-order valence-corrected chi connectivity index (χ3v) is 8.07. The highest BCUT2D eigenvalue weighted by molar-refractivity contribution is 8.04. The van der Waals surface area contributed by atoms with Crippen molar-refractivity contribution in [1.82, 2.24) is 9.80 Å². The lowest BCUT2D eigenvalue weighted by Gasteiger charge is -2.42. The number of benzene rings is 2. The van der Waals surface area contributed by atoms with Crippen LogP contribution in [0.4, 0.5) is 19.7 Å². The van der Waals surface area contributed by atoms with E-state index < -0.39 is 23.1 Å². The number of ether oxygens (including phenoxy) is 1. The molecule has 3 aliphatic rings. The summed E-state index contributed by atoms with van der Waals surface area (Å²) < 4.78 is 18.7. The van der Waals surface area contributed by atoms with E-state index in [4.69, 9.17) is 16.3 Å². The second-order valence-electron chi connectivity index (χ2n) is 8.49. The molecule has 3 heterocycles. The molecule has 0 spiro atoms. The van der Waals surface area contributed by atoms with Gasteiger partial charge in [0.2, 0.25) is 5.91 Å². The molecular weight excluding hydrogens is 493 g/mol. The Morgan fingerprint density at radius 1 is 1.14 bits per heavy atom. The summed E-state index contributed by atoms with van der Waals surface area (Å²) in [6.07, 6.45) is 0.136. The van der Waals surface area contributed by atoms with Crippen molar-refractivity contribution in [1.29, 1.82) is 0 Å². The SMILES string of the molecule is CCOC(=O)N1CCC2=C(C1)SC1C2C(=O)N(c2ccc(F)cc2)C(=O)N1Cc1ccc(Cl)cc1. The van der Waals surface area contributed by atoms with Crippen LogP contribution in [0, 0.1) is 11.7 Å². The van der Waals surface area contributed by atoms with Gasteiger partial charge in [-0.25, -0.2) is 18.9 Å². The lowest BCUT2D eigenvalue weighted by molar-refractivity contribution is -0.122. The number of carbonyl (C=O) groups is 3. The fraction of sp³-hybridized carbons (Fsp3) is 0.320. The van der Waals surface area contributed by atoms with E-state index in [-0.39, 0.29) is 25.2 Å². The minimum Gasteiger partial charge on any atom is -0.450 e. The Morgan fingerprint density at radius 2 is 1.86 bits per heavy atom. The number of urea groups is 1. The summed E-state index contributed by atoms with van der Waals surface area (Å²) in [6, 6.07) is 12.1. The van der Waals surface area contributed by atoms with Gasteiger partial charge in [0.15, 0.2) is 0 Å². The number of amides is 4. The summed E-state index contributed by atoms with van der Waals surface area (Å²) in [5, 5.41) is 0.153. The first-order valence-electron chi connectivity index (χ1n) is 11.3. The molecule has 2 aromatic rings. The summed E-state index contributed by atoms with van der Waals surface area (Å²) in [5.41, 5.74) is 2.14. The highest BCUT2D eigenvalue weighted by Gasteiger charge is 2.53. The number of halogens is 2. The second-order valence-corrected chi connectivity index (χ2v) is 10.1. The number of hydrogen-bond acceptors (Lipinski definition) is 5. The topological polar surface area (TPSA) is 70.2 Å². The number of thioether (sulfide) groups is 1. The number of nitrogens with zero attached hydrogens (tertiary/aromatic N) is 3. The van der Waals surface area contributed by atoms with Crippen molar-refractivity contribution < 1.29 is 23.5 Å². The maximum Gasteiger partial charge on any atom is 0.410 e. The average Bonchev–Trinajstić information content (AvgIpc) is 3.23. The van der Waals surface area contributed by atoms with Gasteiger partial charge in [0, 0.05) is 23.0 Å². The molecule has 5 rings (SSSR count). The van der Waals surface area contributed by atoms with Crippen LogP contribution in [0.5, 0.6) is 0 Å². The van der Waals surface area contributed by atoms with E-state index in [0.29, 0.717) is 30.2 Å². The Morgan fingerprint density at radius 3 is 2.54 bits per heavy atom. The maximum absolute atomic E-state index is 13.7. The fourth-order valence-corrected chi connectivity index (χ4v) is 6.44. The van der Waals surface area contributed by atoms with E-state index in [9.17, 15) is 18.8 Å². The average molecular weight is 516 g/mol. The molecule has 0 bridgehead atoms. The van der Waals surface area contributed by atoms with Crippen LogP contribution in [0.15, 0.2) is 59.0 Å². The monoisotopic (exact) mass is 515 g/mol. The predicted octanol–water partition coefficient (Wildman–Crippen LogP) is 5.25. The highest BCUT2D eigenvalue weighted by Crippen LogP contribution is 2.50. The number of hydrogen-bond donors (Lipinski definition) is 0. The smallest absolute Gasteiger partial charge is 0.410 e. The van der Waals surface area contributed by atoms with Crippen molar-refractivity contribution in [2.75, 3.05) is 24.6 Å². The van der Waals surface area contributed by atoms with Crippen LogP contribution in [0.25, 0.3) is 0 Å². The zero-order valence-corrected chi connectivity index (χ0v) is 20.5. The number of anilines is 1. The molecule has 1 saturated heterocycles. The first-order valence-corrected chi connectivity index (χ1v) is 12.6. The molecule has 10 heteroatoms. The van der Waals surface area contributed by atoms with E-state index in [1.54, 1.807) is 28.9 Å². The molecule has 0 radical (unpaired) electrons. The summed E-state index contributed by atoms with van der Waals surface area (Å²) in [4.78, 5) is 45.1. The molecular formula is C25H23ClFN3O4S. The van der Waals surface area contributed by atoms with Crippen molar-refractivity contribution in [2.24, 2.45) is 5.92 Å². The van der Waals surface area contributed by atoms with Crippen molar-refractivity contribution in [3.8, 4) is 0 Å². The lowest BCUT2D eigenvalue weighted by atomic mass is 9.90. The molecule has 2 aromatic carbocycles. The molecule has 7 nitrogen and oxygen atoms in total. The number of carbonyl (C=O) groups excluding carboxylic acids is 3. The van der Waals surface area contributed by atoms with Crippen LogP contribution < -0.4 is 4.90 Å². The third-order valence-electron chi connectivity index (χ3n) is 6.37. The zero-order chi connectivity index (χ0) is 24.7. The van der Waals surface area contributed by atoms with Gasteiger partial charge >= 0.3 is 12.1 Å². The van der Waals surface area contributed by atoms with Crippen LogP contribution in [-0.2, 0) is 16.1 Å². The molecule has 4 amide bonds. The van der Waals surface area contributed by atoms with Gasteiger partial charge in [-0.1, -0.05) is 23.7 Å². The van der Waals surface area contributed by atoms with Gasteiger partial charge in [0.25, 0.3) is 0 Å². The van der Waals surface area contributed by atoms with Crippen LogP contribution in [-0.4, -0.2) is 52.9 Å². The molecule has 0 N–H and O–H groups in total. The number of rotatable bonds is 4. The standard InChI is InChI=1S/C25H23ClFN3O4S/c1-2-34-25(33)28-12-11-19-20(14-28)35-23-21(19)22(31)30(18-9-7-17(27)8-10-18)24(32)29(23)13-15-3-5-16(26)6-4-15/h3-10,21,23H,2,11-14H2,1H3. The first kappa shape index (κ1) is 23.7. The predicted molar refractivity (Wildman–Crippen MR) is 131 cm³/mol. The van der Waals surface area contributed by atoms with Crippen molar-refractivity contribution in [3.63, 3.8) is 0 Å². The van der Waals surface area contributed by atoms with Crippen LogP contribution in [0.1, 0.15) is 18.9 Å². The van der Waals surface area contributed by atoms with Gasteiger partial charge in [-0.2, -0.15) is 0 Å². The van der Waals surface area contributed by atoms with Gasteiger partial charge < -0.3 is 14.5 Å². The third kappa shape index (κ3) is 4.38. The Hall–Kier alpha value is -3.04. The molecule has 0 aromatic heterocycles. The Balaban J connectivity index is 1.50. The van der Waals surface area contributed by atoms with E-state index >= 15 is 0 Å². The molecule has 0 aliphatic carbocycles. The summed E-state index contributed by atoms with van der Waals surface area (Å²) in [6.45, 7) is 3.11. The summed E-state index contributed by atoms with van der Waals surface area (Å²) in [5.74, 6) is -1.33. The largest absolute Gasteiger partial charge is 0.450 e. The lowest BCUT2D eigenvalue weighted by Crippen LogP contribution is -2.60. The Bertz CT molecular complexity index is 1200. The van der Waals surface area contributed by atoms with Crippen LogP contribution in [0.2, 0.25) is 5.02 Å². The van der Waals surface area contributed by atoms with E-state index in [2.05, 4.69) is 0 Å². The van der Waals surface area contributed by atoms with Gasteiger partial charge in [-0.05, 0) is 60.9 Å². The molecule has 2 unspecified atom stereocenters. The fourth-order valence-electron chi connectivity index (χ4n) is 4.70. The summed E-state index contributed by atoms with van der Waals surface area (Å²) in [7, 11) is 0. The van der Waals surface area contributed by atoms with Gasteiger partial charge in [-0.3, -0.25) is 4.79 Å². The first-order chi connectivity index (χ1) is 16.9. The molecule has 0 saturated carbocycles. The van der Waals surface area contributed by atoms with Crippen molar-refractivity contribution in [2.45, 2.75) is 25.3 Å². The minimum atomic E-state index is -0.547. The maximum atomic E-state index is 13.7. The number of fused-ring (bicyclic) bond motifs is 2. The number of imide groups is 1. The quantitative estimate of drug-likeness (QED) is 0.556. The second kappa shape index (κ2) is 9.54. The highest BCUT2D eigenvalue weighted by atomic mass is 35.5. The van der Waals surface area contributed by atoms with E-state index in [1.165, 1.54) is 36.0 Å². The van der Waals surface area contributed by atoms with Gasteiger partial charge in [0.05, 0.1) is 30.1 Å². The Kier molecular flexibility index (Phi) is 6.46. The zero-order valence-electron chi connectivity index (χ0n) is 18.9. The Labute approximate surface area is 211 Å². The molecule has 2 atom stereocenters. The molecule has 182 valence electrons. The normalized spacial score (nSPS) is 21.9.